The summed E-state index contributed by atoms with van der Waals surface area (Å²) in [5.41, 5.74) is -0.164. The number of esters is 3. The fourth-order valence-corrected chi connectivity index (χ4v) is 4.25. The van der Waals surface area contributed by atoms with E-state index in [-0.39, 0.29) is 17.9 Å². The second kappa shape index (κ2) is 11.8. The normalized spacial score (nSPS) is 23.7. The fourth-order valence-electron chi connectivity index (χ4n) is 3.51. The lowest BCUT2D eigenvalue weighted by atomic mass is 9.96. The van der Waals surface area contributed by atoms with Gasteiger partial charge < -0.3 is 23.7 Å². The summed E-state index contributed by atoms with van der Waals surface area (Å²) in [5.74, 6) is -6.54. The Morgan fingerprint density at radius 2 is 1.78 bits per heavy atom. The lowest BCUT2D eigenvalue weighted by molar-refractivity contribution is -0.212. The van der Waals surface area contributed by atoms with Crippen molar-refractivity contribution in [3.05, 3.63) is 35.8 Å². The first-order valence-electron chi connectivity index (χ1n) is 10.4. The highest BCUT2D eigenvalue weighted by Gasteiger charge is 2.50. The highest BCUT2D eigenvalue weighted by atomic mass is 79.9. The van der Waals surface area contributed by atoms with Gasteiger partial charge in [-0.05, 0) is 12.1 Å². The first-order valence-corrected chi connectivity index (χ1v) is 11.3. The maximum Gasteiger partial charge on any atom is 0.331 e. The third-order valence-corrected chi connectivity index (χ3v) is 5.81. The molecule has 0 bridgehead atoms. The molecule has 2 heterocycles. The van der Waals surface area contributed by atoms with Crippen LogP contribution in [0, 0.1) is 17.5 Å². The van der Waals surface area contributed by atoms with Gasteiger partial charge in [0.1, 0.15) is 42.2 Å². The number of rotatable bonds is 8. The van der Waals surface area contributed by atoms with Crippen molar-refractivity contribution in [2.75, 3.05) is 20.3 Å². The quantitative estimate of drug-likeness (QED) is 0.198. The molecule has 2 aromatic rings. The van der Waals surface area contributed by atoms with Crippen LogP contribution in [0.3, 0.4) is 0 Å². The summed E-state index contributed by atoms with van der Waals surface area (Å²) in [6.45, 7) is 1.49. The average Bonchev–Trinajstić information content (AvgIpc) is 3.30. The third kappa shape index (κ3) is 6.39. The Labute approximate surface area is 210 Å². The van der Waals surface area contributed by atoms with Crippen LogP contribution in [-0.4, -0.2) is 76.6 Å². The van der Waals surface area contributed by atoms with E-state index in [1.165, 1.54) is 17.8 Å². The zero-order chi connectivity index (χ0) is 26.6. The average molecular weight is 580 g/mol. The van der Waals surface area contributed by atoms with Gasteiger partial charge in [-0.25, -0.2) is 22.6 Å². The molecule has 1 saturated heterocycles. The lowest BCUT2D eigenvalue weighted by Gasteiger charge is -2.43. The molecule has 1 aromatic heterocycles. The van der Waals surface area contributed by atoms with Crippen molar-refractivity contribution < 1.29 is 51.2 Å². The minimum atomic E-state index is -1.64. The predicted molar refractivity (Wildman–Crippen MR) is 116 cm³/mol. The monoisotopic (exact) mass is 579 g/mol. The first-order chi connectivity index (χ1) is 17.0. The van der Waals surface area contributed by atoms with E-state index in [4.69, 9.17) is 18.9 Å². The van der Waals surface area contributed by atoms with Crippen molar-refractivity contribution in [3.8, 4) is 11.3 Å². The predicted octanol–water partition coefficient (Wildman–Crippen LogP) is 2.08. The number of halogens is 4. The molecule has 0 spiro atoms. The fraction of sp³-hybridized carbons (Fsp3) is 0.476. The molecule has 0 aliphatic carbocycles. The molecule has 3 rings (SSSR count). The van der Waals surface area contributed by atoms with Crippen molar-refractivity contribution in [2.24, 2.45) is 0 Å². The van der Waals surface area contributed by atoms with Gasteiger partial charge in [-0.2, -0.15) is 0 Å². The van der Waals surface area contributed by atoms with Gasteiger partial charge in [0.05, 0.1) is 13.3 Å². The van der Waals surface area contributed by atoms with Gasteiger partial charge in [-0.15, -0.1) is 5.10 Å². The molecule has 0 N–H and O–H groups in total. The Balaban J connectivity index is 2.04. The Bertz CT molecular complexity index is 1110. The number of hydrogen-bond acceptors (Lipinski definition) is 10. The van der Waals surface area contributed by atoms with E-state index in [0.717, 1.165) is 26.2 Å². The second-order valence-corrected chi connectivity index (χ2v) is 8.48. The summed E-state index contributed by atoms with van der Waals surface area (Å²) in [4.78, 5) is 35.0. The van der Waals surface area contributed by atoms with Crippen molar-refractivity contribution in [3.63, 3.8) is 0 Å². The van der Waals surface area contributed by atoms with E-state index in [2.05, 4.69) is 31.0 Å². The number of aromatic nitrogens is 3. The van der Waals surface area contributed by atoms with Gasteiger partial charge in [-0.1, -0.05) is 21.1 Å². The third-order valence-electron chi connectivity index (χ3n) is 5.07. The SMILES string of the molecule is COC(=O)CO[C@@H]1[C@@H](n2cc(-c3cc(F)c(F)c(F)c3)nn2)[C@@H](OC(C)=O)[C@@H](COC(C)=O)O[C@@H]1Br. The molecule has 1 fully saturated rings. The number of alkyl halides is 1. The minimum Gasteiger partial charge on any atom is -0.467 e. The highest BCUT2D eigenvalue weighted by Crippen LogP contribution is 2.37. The van der Waals surface area contributed by atoms with Gasteiger partial charge in [0.15, 0.2) is 23.6 Å². The maximum atomic E-state index is 13.8. The number of hydrogen-bond donors (Lipinski definition) is 0. The number of carbonyl (C=O) groups excluding carboxylic acids is 3. The van der Waals surface area contributed by atoms with Crippen molar-refractivity contribution in [2.45, 2.75) is 43.2 Å². The zero-order valence-electron chi connectivity index (χ0n) is 19.2. The van der Waals surface area contributed by atoms with Crippen LogP contribution < -0.4 is 0 Å². The molecule has 1 aliphatic rings. The molecular formula is C21H21BrF3N3O8. The highest BCUT2D eigenvalue weighted by molar-refractivity contribution is 9.09. The minimum absolute atomic E-state index is 0.0461. The van der Waals surface area contributed by atoms with Gasteiger partial charge >= 0.3 is 17.9 Å². The zero-order valence-corrected chi connectivity index (χ0v) is 20.7. The van der Waals surface area contributed by atoms with Gasteiger partial charge in [-0.3, -0.25) is 9.59 Å². The van der Waals surface area contributed by atoms with Crippen LogP contribution in [0.1, 0.15) is 19.9 Å². The van der Waals surface area contributed by atoms with E-state index in [1.807, 2.05) is 0 Å². The molecule has 11 nitrogen and oxygen atoms in total. The van der Waals surface area contributed by atoms with Crippen molar-refractivity contribution in [1.29, 1.82) is 0 Å². The van der Waals surface area contributed by atoms with Crippen LogP contribution in [0.2, 0.25) is 0 Å². The number of ether oxygens (including phenoxy) is 5. The smallest absolute Gasteiger partial charge is 0.331 e. The van der Waals surface area contributed by atoms with E-state index in [1.54, 1.807) is 0 Å². The van der Waals surface area contributed by atoms with Gasteiger partial charge in [0, 0.05) is 19.4 Å². The molecule has 196 valence electrons. The molecular weight excluding hydrogens is 559 g/mol. The van der Waals surface area contributed by atoms with E-state index < -0.39 is 71.3 Å². The van der Waals surface area contributed by atoms with E-state index in [0.29, 0.717) is 0 Å². The number of benzene rings is 1. The molecule has 15 heteroatoms. The molecule has 5 atom stereocenters. The molecule has 0 amide bonds. The van der Waals surface area contributed by atoms with Crippen LogP contribution in [0.25, 0.3) is 11.3 Å². The number of nitrogens with zero attached hydrogens (tertiary/aromatic N) is 3. The summed E-state index contributed by atoms with van der Waals surface area (Å²) >= 11 is 3.30. The van der Waals surface area contributed by atoms with Crippen molar-refractivity contribution in [1.82, 2.24) is 15.0 Å². The van der Waals surface area contributed by atoms with Crippen LogP contribution in [-0.2, 0) is 38.1 Å². The van der Waals surface area contributed by atoms with Crippen LogP contribution >= 0.6 is 15.9 Å². The standard InChI is InChI=1S/C21H21BrF3N3O8/c1-9(29)33-7-15-19(35-10(2)30)18(20(21(22)36-15)34-8-16(31)32-3)28-6-14(26-27-28)11-4-12(23)17(25)13(24)5-11/h4-6,15,18-21H,7-8H2,1-3H3/t15-,18+,19+,20-,21+/m1/s1. The topological polar surface area (TPSA) is 128 Å². The summed E-state index contributed by atoms with van der Waals surface area (Å²) in [7, 11) is 1.16. The van der Waals surface area contributed by atoms with Crippen LogP contribution in [0.4, 0.5) is 13.2 Å². The molecule has 0 unspecified atom stereocenters. The lowest BCUT2D eigenvalue weighted by Crippen LogP contribution is -2.57. The molecule has 0 saturated carbocycles. The summed E-state index contributed by atoms with van der Waals surface area (Å²) in [5, 5.41) is 6.92. The molecule has 0 radical (unpaired) electrons. The largest absolute Gasteiger partial charge is 0.467 e. The Morgan fingerprint density at radius 3 is 2.36 bits per heavy atom. The first kappa shape index (κ1) is 27.5. The summed E-state index contributed by atoms with van der Waals surface area (Å²) in [6.07, 6.45) is -2.00. The second-order valence-electron chi connectivity index (χ2n) is 7.58. The summed E-state index contributed by atoms with van der Waals surface area (Å²) < 4.78 is 68.6. The van der Waals surface area contributed by atoms with Gasteiger partial charge in [0.2, 0.25) is 0 Å². The Hall–Kier alpha value is -3.04. The Morgan fingerprint density at radius 1 is 1.11 bits per heavy atom. The Kier molecular flexibility index (Phi) is 9.03. The summed E-state index contributed by atoms with van der Waals surface area (Å²) in [6, 6.07) is 0.429. The van der Waals surface area contributed by atoms with Crippen LogP contribution in [0.5, 0.6) is 0 Å². The number of carbonyl (C=O) groups is 3. The van der Waals surface area contributed by atoms with E-state index >= 15 is 0 Å². The van der Waals surface area contributed by atoms with E-state index in [9.17, 15) is 27.6 Å². The van der Waals surface area contributed by atoms with Gasteiger partial charge in [0.25, 0.3) is 0 Å². The van der Waals surface area contributed by atoms with Crippen molar-refractivity contribution >= 4 is 33.8 Å². The number of methoxy groups -OCH3 is 1. The molecule has 1 aromatic carbocycles. The molecule has 36 heavy (non-hydrogen) atoms. The molecule has 1 aliphatic heterocycles. The van der Waals surface area contributed by atoms with Crippen LogP contribution in [0.15, 0.2) is 18.3 Å². The maximum absolute atomic E-state index is 13.8.